The van der Waals surface area contributed by atoms with Crippen molar-refractivity contribution in [2.75, 3.05) is 38.2 Å². The molecule has 2 aliphatic rings. The fraction of sp³-hybridized carbons (Fsp3) is 0.609. The van der Waals surface area contributed by atoms with E-state index in [2.05, 4.69) is 33.6 Å². The van der Waals surface area contributed by atoms with E-state index in [1.54, 1.807) is 11.8 Å². The zero-order valence-electron chi connectivity index (χ0n) is 19.2. The average molecular weight is 442 g/mol. The number of nitrogens with one attached hydrogen (secondary N) is 2. The first-order valence-electron chi connectivity index (χ1n) is 11.8. The SMILES string of the molecule is CCNC(=NCCCn1nc2n(c1=O)CCCC2)NC1CCN(c2ccccc2OC)C1. The Morgan fingerprint density at radius 3 is 2.97 bits per heavy atom. The van der Waals surface area contributed by atoms with Gasteiger partial charge in [-0.2, -0.15) is 5.10 Å². The van der Waals surface area contributed by atoms with E-state index in [1.807, 2.05) is 22.8 Å². The van der Waals surface area contributed by atoms with Gasteiger partial charge in [0.05, 0.1) is 12.8 Å². The molecular formula is C23H35N7O2. The smallest absolute Gasteiger partial charge is 0.345 e. The first-order chi connectivity index (χ1) is 15.7. The van der Waals surface area contributed by atoms with Crippen LogP contribution in [0.4, 0.5) is 5.69 Å². The third-order valence-electron chi connectivity index (χ3n) is 6.13. The van der Waals surface area contributed by atoms with Gasteiger partial charge in [-0.3, -0.25) is 9.56 Å². The van der Waals surface area contributed by atoms with Crippen molar-refractivity contribution < 1.29 is 4.74 Å². The number of rotatable bonds is 8. The largest absolute Gasteiger partial charge is 0.495 e. The maximum absolute atomic E-state index is 12.5. The maximum atomic E-state index is 12.5. The number of aryl methyl sites for hydroxylation is 2. The second-order valence-electron chi connectivity index (χ2n) is 8.39. The van der Waals surface area contributed by atoms with Crippen molar-refractivity contribution in [1.29, 1.82) is 0 Å². The summed E-state index contributed by atoms with van der Waals surface area (Å²) in [7, 11) is 1.72. The number of methoxy groups -OCH3 is 1. The number of para-hydroxylation sites is 2. The topological polar surface area (TPSA) is 88.7 Å². The van der Waals surface area contributed by atoms with E-state index in [9.17, 15) is 4.79 Å². The van der Waals surface area contributed by atoms with Crippen LogP contribution in [0.15, 0.2) is 34.1 Å². The number of fused-ring (bicyclic) bond motifs is 1. The number of anilines is 1. The zero-order valence-corrected chi connectivity index (χ0v) is 19.2. The van der Waals surface area contributed by atoms with Crippen molar-refractivity contribution in [2.45, 2.75) is 58.2 Å². The summed E-state index contributed by atoms with van der Waals surface area (Å²) in [5.41, 5.74) is 1.16. The fourth-order valence-electron chi connectivity index (χ4n) is 4.51. The van der Waals surface area contributed by atoms with Gasteiger partial charge < -0.3 is 20.3 Å². The van der Waals surface area contributed by atoms with Crippen LogP contribution in [0.5, 0.6) is 5.75 Å². The molecule has 9 heteroatoms. The van der Waals surface area contributed by atoms with Gasteiger partial charge >= 0.3 is 5.69 Å². The average Bonchev–Trinajstić information content (AvgIpc) is 3.41. The lowest BCUT2D eigenvalue weighted by Crippen LogP contribution is -2.44. The van der Waals surface area contributed by atoms with E-state index in [4.69, 9.17) is 9.73 Å². The molecule has 0 saturated carbocycles. The number of guanidine groups is 1. The lowest BCUT2D eigenvalue weighted by Gasteiger charge is -2.22. The van der Waals surface area contributed by atoms with Crippen molar-refractivity contribution in [3.05, 3.63) is 40.6 Å². The number of ether oxygens (including phenoxy) is 1. The normalized spacial score (nSPS) is 18.5. The molecule has 0 amide bonds. The van der Waals surface area contributed by atoms with Crippen molar-refractivity contribution in [3.8, 4) is 5.75 Å². The van der Waals surface area contributed by atoms with E-state index < -0.39 is 0 Å². The van der Waals surface area contributed by atoms with Crippen LogP contribution in [0, 0.1) is 0 Å². The van der Waals surface area contributed by atoms with E-state index in [0.29, 0.717) is 19.1 Å². The number of aromatic nitrogens is 3. The summed E-state index contributed by atoms with van der Waals surface area (Å²) in [5, 5.41) is 11.4. The number of nitrogens with zero attached hydrogens (tertiary/aromatic N) is 5. The standard InChI is InChI=1S/C23H35N7O2/c1-3-24-22(25-13-8-15-30-23(31)29-14-7-6-11-21(29)27-30)26-18-12-16-28(17-18)19-9-4-5-10-20(19)32-2/h4-5,9-10,18H,3,6-8,11-17H2,1-2H3,(H2,24,25,26). The van der Waals surface area contributed by atoms with Crippen molar-refractivity contribution in [3.63, 3.8) is 0 Å². The molecule has 3 heterocycles. The molecule has 1 aromatic heterocycles. The fourth-order valence-corrected chi connectivity index (χ4v) is 4.51. The highest BCUT2D eigenvalue weighted by Gasteiger charge is 2.25. The van der Waals surface area contributed by atoms with E-state index >= 15 is 0 Å². The number of aliphatic imine (C=N–C) groups is 1. The highest BCUT2D eigenvalue weighted by molar-refractivity contribution is 5.80. The minimum atomic E-state index is 0.0242. The first-order valence-corrected chi connectivity index (χ1v) is 11.8. The molecular weight excluding hydrogens is 406 g/mol. The molecule has 1 aromatic carbocycles. The molecule has 0 aliphatic carbocycles. The van der Waals surface area contributed by atoms with Gasteiger partial charge in [0, 0.05) is 51.7 Å². The van der Waals surface area contributed by atoms with Gasteiger partial charge in [0.1, 0.15) is 11.6 Å². The Bertz CT molecular complexity index is 981. The molecule has 0 spiro atoms. The van der Waals surface area contributed by atoms with Gasteiger partial charge in [-0.15, -0.1) is 0 Å². The van der Waals surface area contributed by atoms with Crippen LogP contribution in [0.1, 0.15) is 38.4 Å². The van der Waals surface area contributed by atoms with Gasteiger partial charge in [-0.1, -0.05) is 12.1 Å². The minimum absolute atomic E-state index is 0.0242. The summed E-state index contributed by atoms with van der Waals surface area (Å²) in [4.78, 5) is 19.5. The Kier molecular flexibility index (Phi) is 7.34. The molecule has 2 aromatic rings. The van der Waals surface area contributed by atoms with Crippen LogP contribution in [-0.2, 0) is 19.5 Å². The van der Waals surface area contributed by atoms with Gasteiger partial charge in [0.15, 0.2) is 5.96 Å². The Morgan fingerprint density at radius 2 is 2.16 bits per heavy atom. The third kappa shape index (κ3) is 5.08. The van der Waals surface area contributed by atoms with E-state index in [0.717, 1.165) is 81.5 Å². The maximum Gasteiger partial charge on any atom is 0.345 e. The Hall–Kier alpha value is -2.97. The van der Waals surface area contributed by atoms with Crippen LogP contribution >= 0.6 is 0 Å². The lowest BCUT2D eigenvalue weighted by atomic mass is 10.2. The van der Waals surface area contributed by atoms with Gasteiger partial charge in [-0.25, -0.2) is 9.48 Å². The van der Waals surface area contributed by atoms with E-state index in [1.165, 1.54) is 0 Å². The summed E-state index contributed by atoms with van der Waals surface area (Å²) in [5.74, 6) is 2.67. The van der Waals surface area contributed by atoms with Crippen LogP contribution in [0.2, 0.25) is 0 Å². The summed E-state index contributed by atoms with van der Waals surface area (Å²) < 4.78 is 8.96. The predicted octanol–water partition coefficient (Wildman–Crippen LogP) is 1.61. The molecule has 0 bridgehead atoms. The highest BCUT2D eigenvalue weighted by Crippen LogP contribution is 2.30. The summed E-state index contributed by atoms with van der Waals surface area (Å²) in [6.45, 7) is 6.81. The Morgan fingerprint density at radius 1 is 1.28 bits per heavy atom. The minimum Gasteiger partial charge on any atom is -0.495 e. The number of hydrogen-bond donors (Lipinski definition) is 2. The lowest BCUT2D eigenvalue weighted by molar-refractivity contribution is 0.415. The molecule has 4 rings (SSSR count). The van der Waals surface area contributed by atoms with Crippen molar-refractivity contribution in [1.82, 2.24) is 25.0 Å². The van der Waals surface area contributed by atoms with Gasteiger partial charge in [-0.05, 0) is 44.7 Å². The Labute approximate surface area is 189 Å². The number of benzene rings is 1. The quantitative estimate of drug-likeness (QED) is 0.368. The highest BCUT2D eigenvalue weighted by atomic mass is 16.5. The van der Waals surface area contributed by atoms with E-state index in [-0.39, 0.29) is 5.69 Å². The van der Waals surface area contributed by atoms with Crippen LogP contribution < -0.4 is 26.0 Å². The summed E-state index contributed by atoms with van der Waals surface area (Å²) in [6.07, 6.45) is 4.91. The molecule has 2 N–H and O–H groups in total. The van der Waals surface area contributed by atoms with Crippen molar-refractivity contribution >= 4 is 11.6 Å². The molecule has 1 atom stereocenters. The molecule has 1 unspecified atom stereocenters. The zero-order chi connectivity index (χ0) is 22.3. The third-order valence-corrected chi connectivity index (χ3v) is 6.13. The summed E-state index contributed by atoms with van der Waals surface area (Å²) >= 11 is 0. The molecule has 32 heavy (non-hydrogen) atoms. The second-order valence-corrected chi connectivity index (χ2v) is 8.39. The van der Waals surface area contributed by atoms with Crippen LogP contribution in [0.3, 0.4) is 0 Å². The molecule has 9 nitrogen and oxygen atoms in total. The first kappa shape index (κ1) is 22.2. The van der Waals surface area contributed by atoms with Crippen LogP contribution in [-0.4, -0.2) is 59.6 Å². The monoisotopic (exact) mass is 441 g/mol. The molecule has 1 saturated heterocycles. The van der Waals surface area contributed by atoms with Gasteiger partial charge in [0.2, 0.25) is 0 Å². The molecule has 1 fully saturated rings. The van der Waals surface area contributed by atoms with Crippen molar-refractivity contribution in [2.24, 2.45) is 4.99 Å². The predicted molar refractivity (Wildman–Crippen MR) is 127 cm³/mol. The summed E-state index contributed by atoms with van der Waals surface area (Å²) in [6, 6.07) is 8.48. The van der Waals surface area contributed by atoms with Gasteiger partial charge in [0.25, 0.3) is 0 Å². The number of hydrogen-bond acceptors (Lipinski definition) is 5. The second kappa shape index (κ2) is 10.6. The molecule has 174 valence electrons. The Balaban J connectivity index is 1.30. The molecule has 0 radical (unpaired) electrons. The molecule has 2 aliphatic heterocycles. The van der Waals surface area contributed by atoms with Crippen LogP contribution in [0.25, 0.3) is 0 Å².